The van der Waals surface area contributed by atoms with Gasteiger partial charge in [-0.25, -0.2) is 22.8 Å². The van der Waals surface area contributed by atoms with E-state index in [2.05, 4.69) is 15.0 Å². The Balaban J connectivity index is 2.14. The van der Waals surface area contributed by atoms with E-state index in [-0.39, 0.29) is 10.6 Å². The van der Waals surface area contributed by atoms with E-state index in [1.54, 1.807) is 0 Å². The molecule has 0 saturated heterocycles. The van der Waals surface area contributed by atoms with Crippen LogP contribution in [0.2, 0.25) is 0 Å². The van der Waals surface area contributed by atoms with Gasteiger partial charge in [0.1, 0.15) is 17.4 Å². The molecule has 0 spiro atoms. The molecule has 8 nitrogen and oxygen atoms in total. The molecule has 0 aliphatic carbocycles. The lowest BCUT2D eigenvalue weighted by molar-refractivity contribution is 0.0693. The van der Waals surface area contributed by atoms with Gasteiger partial charge in [0.15, 0.2) is 17.2 Å². The lowest BCUT2D eigenvalue weighted by Gasteiger charge is -2.11. The van der Waals surface area contributed by atoms with Crippen molar-refractivity contribution in [2.75, 3.05) is 32.5 Å². The summed E-state index contributed by atoms with van der Waals surface area (Å²) in [5.74, 6) is -5.60. The zero-order valence-corrected chi connectivity index (χ0v) is 16.6. The Morgan fingerprint density at radius 3 is 2.59 bits per heavy atom. The largest absolute Gasteiger partial charge is 0.477 e. The molecule has 1 heterocycles. The van der Waals surface area contributed by atoms with Crippen molar-refractivity contribution in [2.24, 2.45) is 0 Å². The fourth-order valence-electron chi connectivity index (χ4n) is 2.21. The monoisotopic (exact) mass is 432 g/mol. The molecule has 0 aliphatic rings. The smallest absolute Gasteiger partial charge is 0.344 e. The summed E-state index contributed by atoms with van der Waals surface area (Å²) >= 11 is 0.622. The summed E-state index contributed by atoms with van der Waals surface area (Å²) in [6.45, 7) is 1.31. The summed E-state index contributed by atoms with van der Waals surface area (Å²) in [6.07, 6.45) is 0. The van der Waals surface area contributed by atoms with Gasteiger partial charge in [-0.2, -0.15) is 4.37 Å². The van der Waals surface area contributed by atoms with Crippen molar-refractivity contribution in [1.29, 1.82) is 0 Å². The minimum absolute atomic E-state index is 0.120. The quantitative estimate of drug-likeness (QED) is 0.555. The Morgan fingerprint density at radius 2 is 1.97 bits per heavy atom. The first kappa shape index (κ1) is 22.4. The van der Waals surface area contributed by atoms with E-state index in [0.717, 1.165) is 6.07 Å². The van der Waals surface area contributed by atoms with Gasteiger partial charge in [0.25, 0.3) is 0 Å². The Bertz CT molecular complexity index is 921. The second-order valence-electron chi connectivity index (χ2n) is 6.25. The number of anilines is 1. The maximum atomic E-state index is 13.9. The predicted molar refractivity (Wildman–Crippen MR) is 100 cm³/mol. The fraction of sp³-hybridized carbons (Fsp3) is 0.353. The minimum Gasteiger partial charge on any atom is -0.477 e. The van der Waals surface area contributed by atoms with Crippen LogP contribution in [-0.4, -0.2) is 53.6 Å². The van der Waals surface area contributed by atoms with Gasteiger partial charge in [-0.05, 0) is 44.2 Å². The van der Waals surface area contributed by atoms with Crippen LogP contribution in [-0.2, 0) is 6.61 Å². The van der Waals surface area contributed by atoms with Gasteiger partial charge in [0, 0.05) is 13.1 Å². The van der Waals surface area contributed by atoms with E-state index in [1.165, 1.54) is 6.92 Å². The second kappa shape index (κ2) is 9.56. The van der Waals surface area contributed by atoms with Crippen LogP contribution in [0, 0.1) is 24.4 Å². The highest BCUT2D eigenvalue weighted by atomic mass is 32.1. The molecule has 1 aromatic heterocycles. The van der Waals surface area contributed by atoms with Crippen LogP contribution in [0.3, 0.4) is 0 Å². The van der Waals surface area contributed by atoms with Crippen LogP contribution in [0.15, 0.2) is 6.07 Å². The number of carboxylic acid groups (broad SMARTS) is 1. The molecule has 0 saturated carbocycles. The number of benzene rings is 1. The molecule has 2 rings (SSSR count). The van der Waals surface area contributed by atoms with Crippen molar-refractivity contribution in [1.82, 2.24) is 14.6 Å². The molecule has 12 heteroatoms. The van der Waals surface area contributed by atoms with Crippen molar-refractivity contribution >= 4 is 28.5 Å². The summed E-state index contributed by atoms with van der Waals surface area (Å²) in [5.41, 5.74) is -1.39. The number of halogens is 3. The lowest BCUT2D eigenvalue weighted by Crippen LogP contribution is -2.34. The van der Waals surface area contributed by atoms with Gasteiger partial charge in [-0.3, -0.25) is 5.32 Å². The zero-order chi connectivity index (χ0) is 21.7. The van der Waals surface area contributed by atoms with Crippen molar-refractivity contribution in [3.05, 3.63) is 40.2 Å². The number of ether oxygens (including phenoxy) is 1. The van der Waals surface area contributed by atoms with Crippen LogP contribution in [0.1, 0.15) is 21.5 Å². The molecule has 29 heavy (non-hydrogen) atoms. The molecular weight excluding hydrogens is 413 g/mol. The van der Waals surface area contributed by atoms with Crippen LogP contribution in [0.25, 0.3) is 0 Å². The number of carboxylic acids is 1. The molecule has 3 N–H and O–H groups in total. The first-order chi connectivity index (χ1) is 13.6. The maximum absolute atomic E-state index is 13.9. The molecule has 1 aromatic carbocycles. The Kier molecular flexibility index (Phi) is 7.40. The van der Waals surface area contributed by atoms with E-state index in [1.807, 2.05) is 19.0 Å². The summed E-state index contributed by atoms with van der Waals surface area (Å²) in [6, 6.07) is 0.156. The van der Waals surface area contributed by atoms with Crippen molar-refractivity contribution in [3.63, 3.8) is 0 Å². The highest BCUT2D eigenvalue weighted by Gasteiger charge is 2.25. The number of rotatable bonds is 8. The summed E-state index contributed by atoms with van der Waals surface area (Å²) in [4.78, 5) is 25.3. The Morgan fingerprint density at radius 1 is 1.28 bits per heavy atom. The molecule has 2 aromatic rings. The number of aromatic nitrogens is 1. The molecule has 0 bridgehead atoms. The average Bonchev–Trinajstić information content (AvgIpc) is 3.02. The van der Waals surface area contributed by atoms with Gasteiger partial charge in [0.05, 0.1) is 5.56 Å². The van der Waals surface area contributed by atoms with Gasteiger partial charge in [-0.15, -0.1) is 0 Å². The standard InChI is InChI=1S/C17H19F3N4O4S/c1-8-6-10(18)9(13(20)12(8)19)7-28-14-11(16(25)26)15(29-23-14)22-17(27)21-4-5-24(2)3/h6H,4-5,7H2,1-3H3,(H,25,26)(H2,21,22,27). The van der Waals surface area contributed by atoms with Crippen molar-refractivity contribution in [3.8, 4) is 5.88 Å². The van der Waals surface area contributed by atoms with Gasteiger partial charge >= 0.3 is 12.0 Å². The number of nitrogens with one attached hydrogen (secondary N) is 2. The first-order valence-corrected chi connectivity index (χ1v) is 9.07. The number of hydrogen-bond acceptors (Lipinski definition) is 6. The topological polar surface area (TPSA) is 104 Å². The Hall–Kier alpha value is -2.86. The normalized spacial score (nSPS) is 10.9. The third kappa shape index (κ3) is 5.57. The predicted octanol–water partition coefficient (Wildman–Crippen LogP) is 2.83. The van der Waals surface area contributed by atoms with Crippen LogP contribution in [0.5, 0.6) is 5.88 Å². The van der Waals surface area contributed by atoms with Gasteiger partial charge < -0.3 is 20.1 Å². The number of amides is 2. The molecule has 0 unspecified atom stereocenters. The number of aryl methyl sites for hydroxylation is 1. The number of urea groups is 1. The highest BCUT2D eigenvalue weighted by Crippen LogP contribution is 2.31. The molecule has 0 aliphatic heterocycles. The van der Waals surface area contributed by atoms with E-state index >= 15 is 0 Å². The van der Waals surface area contributed by atoms with E-state index in [4.69, 9.17) is 4.74 Å². The molecule has 0 atom stereocenters. The van der Waals surface area contributed by atoms with E-state index in [9.17, 15) is 27.9 Å². The maximum Gasteiger partial charge on any atom is 0.344 e. The molecular formula is C17H19F3N4O4S. The number of carbonyl (C=O) groups excluding carboxylic acids is 1. The lowest BCUT2D eigenvalue weighted by atomic mass is 10.1. The summed E-state index contributed by atoms with van der Waals surface area (Å²) in [5, 5.41) is 14.1. The molecule has 2 amide bonds. The molecule has 158 valence electrons. The van der Waals surface area contributed by atoms with Crippen LogP contribution >= 0.6 is 11.5 Å². The van der Waals surface area contributed by atoms with Gasteiger partial charge in [0.2, 0.25) is 5.88 Å². The number of nitrogens with zero attached hydrogens (tertiary/aromatic N) is 2. The summed E-state index contributed by atoms with van der Waals surface area (Å²) in [7, 11) is 3.64. The minimum atomic E-state index is -1.46. The average molecular weight is 432 g/mol. The third-order valence-electron chi connectivity index (χ3n) is 3.73. The summed E-state index contributed by atoms with van der Waals surface area (Å²) < 4.78 is 50.4. The van der Waals surface area contributed by atoms with Crippen molar-refractivity contribution in [2.45, 2.75) is 13.5 Å². The number of likely N-dealkylation sites (N-methyl/N-ethyl adjacent to an activating group) is 1. The number of hydrogen-bond donors (Lipinski definition) is 3. The second-order valence-corrected chi connectivity index (χ2v) is 7.03. The zero-order valence-electron chi connectivity index (χ0n) is 15.8. The molecule has 0 fully saturated rings. The number of carbonyl (C=O) groups is 2. The van der Waals surface area contributed by atoms with Crippen LogP contribution < -0.4 is 15.4 Å². The Labute approximate surface area is 168 Å². The van der Waals surface area contributed by atoms with E-state index < -0.39 is 53.1 Å². The van der Waals surface area contributed by atoms with Gasteiger partial charge in [-0.1, -0.05) is 0 Å². The fourth-order valence-corrected chi connectivity index (χ4v) is 2.93. The number of aromatic carboxylic acids is 1. The first-order valence-electron chi connectivity index (χ1n) is 8.30. The van der Waals surface area contributed by atoms with Crippen LogP contribution in [0.4, 0.5) is 23.0 Å². The third-order valence-corrected chi connectivity index (χ3v) is 4.48. The van der Waals surface area contributed by atoms with Crippen molar-refractivity contribution < 1.29 is 32.6 Å². The molecule has 0 radical (unpaired) electrons. The highest BCUT2D eigenvalue weighted by molar-refractivity contribution is 7.11. The van der Waals surface area contributed by atoms with E-state index in [0.29, 0.717) is 24.6 Å². The SMILES string of the molecule is Cc1cc(F)c(COc2nsc(NC(=O)NCCN(C)C)c2C(=O)O)c(F)c1F.